The number of rotatable bonds is 4. The second kappa shape index (κ2) is 6.81. The van der Waals surface area contributed by atoms with Crippen molar-refractivity contribution >= 4 is 22.5 Å². The van der Waals surface area contributed by atoms with E-state index in [2.05, 4.69) is 10.3 Å². The lowest BCUT2D eigenvalue weighted by molar-refractivity contribution is -0.119. The highest BCUT2D eigenvalue weighted by atomic mass is 16.3. The van der Waals surface area contributed by atoms with Crippen LogP contribution in [0.4, 0.5) is 5.69 Å². The van der Waals surface area contributed by atoms with E-state index in [-0.39, 0.29) is 11.7 Å². The van der Waals surface area contributed by atoms with E-state index < -0.39 is 6.04 Å². The van der Waals surface area contributed by atoms with E-state index in [0.717, 1.165) is 16.6 Å². The average molecular weight is 335 g/mol. The van der Waals surface area contributed by atoms with Crippen LogP contribution >= 0.6 is 0 Å². The summed E-state index contributed by atoms with van der Waals surface area (Å²) in [6.07, 6.45) is 1.64. The molecule has 3 rings (SSSR count). The number of phenolic OH excluding ortho intramolecular Hbond substituents is 1. The zero-order valence-electron chi connectivity index (χ0n) is 14.5. The second-order valence-corrected chi connectivity index (χ2v) is 6.20. The highest BCUT2D eigenvalue weighted by Crippen LogP contribution is 2.34. The molecule has 0 radical (unpaired) electrons. The number of nitrogens with zero attached hydrogens (tertiary/aromatic N) is 2. The number of fused-ring (bicyclic) bond motifs is 1. The van der Waals surface area contributed by atoms with Gasteiger partial charge < -0.3 is 15.3 Å². The van der Waals surface area contributed by atoms with Gasteiger partial charge in [-0.05, 0) is 23.8 Å². The number of hydrogen-bond acceptors (Lipinski definition) is 4. The Morgan fingerprint density at radius 3 is 2.48 bits per heavy atom. The first-order valence-electron chi connectivity index (χ1n) is 8.08. The zero-order valence-corrected chi connectivity index (χ0v) is 14.5. The van der Waals surface area contributed by atoms with E-state index in [0.29, 0.717) is 11.1 Å². The molecular weight excluding hydrogens is 314 g/mol. The molecule has 0 saturated carbocycles. The van der Waals surface area contributed by atoms with Crippen molar-refractivity contribution in [3.05, 3.63) is 65.9 Å². The molecule has 0 fully saturated rings. The second-order valence-electron chi connectivity index (χ2n) is 6.20. The third-order valence-electron chi connectivity index (χ3n) is 4.18. The Bertz CT molecular complexity index is 904. The lowest BCUT2D eigenvalue weighted by Gasteiger charge is -2.21. The van der Waals surface area contributed by atoms with Crippen molar-refractivity contribution in [1.29, 1.82) is 0 Å². The van der Waals surface area contributed by atoms with E-state index in [1.54, 1.807) is 6.20 Å². The Balaban J connectivity index is 2.10. The van der Waals surface area contributed by atoms with Crippen LogP contribution in [0.1, 0.15) is 24.1 Å². The van der Waals surface area contributed by atoms with Crippen LogP contribution in [0.3, 0.4) is 0 Å². The molecule has 5 nitrogen and oxygen atoms in total. The molecule has 128 valence electrons. The van der Waals surface area contributed by atoms with Crippen molar-refractivity contribution in [1.82, 2.24) is 10.3 Å². The highest BCUT2D eigenvalue weighted by Gasteiger charge is 2.20. The predicted molar refractivity (Wildman–Crippen MR) is 99.8 cm³/mol. The van der Waals surface area contributed by atoms with Crippen LogP contribution in [0.15, 0.2) is 54.7 Å². The van der Waals surface area contributed by atoms with E-state index in [4.69, 9.17) is 0 Å². The Morgan fingerprint density at radius 2 is 1.84 bits per heavy atom. The SMILES string of the molecule is CC(=O)N[C@@H](c1ccc(N(C)C)cc1)c1ccc2cccnc2c1O. The number of pyridine rings is 1. The van der Waals surface area contributed by atoms with Crippen molar-refractivity contribution in [2.45, 2.75) is 13.0 Å². The summed E-state index contributed by atoms with van der Waals surface area (Å²) in [6.45, 7) is 1.47. The molecule has 25 heavy (non-hydrogen) atoms. The van der Waals surface area contributed by atoms with Gasteiger partial charge in [0.15, 0.2) is 0 Å². The standard InChI is InChI=1S/C20H21N3O2/c1-13(24)22-18(15-6-9-16(10-7-15)23(2)3)17-11-8-14-5-4-12-21-19(14)20(17)25/h4-12,18,25H,1-3H3,(H,22,24)/t18-/m0/s1. The molecule has 0 aliphatic rings. The van der Waals surface area contributed by atoms with Gasteiger partial charge in [0.25, 0.3) is 0 Å². The number of amides is 1. The maximum absolute atomic E-state index is 11.7. The summed E-state index contributed by atoms with van der Waals surface area (Å²) in [5, 5.41) is 14.5. The lowest BCUT2D eigenvalue weighted by atomic mass is 9.96. The molecule has 1 atom stereocenters. The van der Waals surface area contributed by atoms with Crippen molar-refractivity contribution < 1.29 is 9.90 Å². The lowest BCUT2D eigenvalue weighted by Crippen LogP contribution is -2.27. The van der Waals surface area contributed by atoms with Crippen LogP contribution < -0.4 is 10.2 Å². The summed E-state index contributed by atoms with van der Waals surface area (Å²) >= 11 is 0. The summed E-state index contributed by atoms with van der Waals surface area (Å²) in [5.74, 6) is -0.0734. The maximum Gasteiger partial charge on any atom is 0.217 e. The number of phenols is 1. The quantitative estimate of drug-likeness (QED) is 0.768. The Morgan fingerprint density at radius 1 is 1.12 bits per heavy atom. The van der Waals surface area contributed by atoms with Crippen LogP contribution in [0.5, 0.6) is 5.75 Å². The van der Waals surface area contributed by atoms with Crippen LogP contribution in [0.2, 0.25) is 0 Å². The summed E-state index contributed by atoms with van der Waals surface area (Å²) < 4.78 is 0. The number of anilines is 1. The van der Waals surface area contributed by atoms with E-state index in [1.807, 2.05) is 67.5 Å². The van der Waals surface area contributed by atoms with Crippen molar-refractivity contribution in [3.63, 3.8) is 0 Å². The molecule has 2 aromatic carbocycles. The summed E-state index contributed by atoms with van der Waals surface area (Å²) in [6, 6.07) is 14.9. The molecule has 0 saturated heterocycles. The Hall–Kier alpha value is -3.08. The van der Waals surface area contributed by atoms with Gasteiger partial charge in [0, 0.05) is 43.9 Å². The van der Waals surface area contributed by atoms with Gasteiger partial charge in [-0.15, -0.1) is 0 Å². The smallest absolute Gasteiger partial charge is 0.217 e. The molecular formula is C20H21N3O2. The number of benzene rings is 2. The topological polar surface area (TPSA) is 65.5 Å². The molecule has 1 heterocycles. The molecule has 3 aromatic rings. The molecule has 0 spiro atoms. The summed E-state index contributed by atoms with van der Waals surface area (Å²) in [5.41, 5.74) is 3.11. The van der Waals surface area contributed by atoms with Crippen molar-refractivity contribution in [2.75, 3.05) is 19.0 Å². The summed E-state index contributed by atoms with van der Waals surface area (Å²) in [4.78, 5) is 18.0. The fourth-order valence-corrected chi connectivity index (χ4v) is 2.89. The third kappa shape index (κ3) is 3.40. The van der Waals surface area contributed by atoms with E-state index >= 15 is 0 Å². The fourth-order valence-electron chi connectivity index (χ4n) is 2.89. The van der Waals surface area contributed by atoms with Gasteiger partial charge in [0.05, 0.1) is 6.04 Å². The monoisotopic (exact) mass is 335 g/mol. The predicted octanol–water partition coefficient (Wildman–Crippen LogP) is 3.23. The summed E-state index contributed by atoms with van der Waals surface area (Å²) in [7, 11) is 3.95. The van der Waals surface area contributed by atoms with E-state index in [1.165, 1.54) is 6.92 Å². The van der Waals surface area contributed by atoms with Gasteiger partial charge in [-0.3, -0.25) is 9.78 Å². The average Bonchev–Trinajstić information content (AvgIpc) is 2.60. The molecule has 2 N–H and O–H groups in total. The van der Waals surface area contributed by atoms with Gasteiger partial charge in [0.1, 0.15) is 11.3 Å². The third-order valence-corrected chi connectivity index (χ3v) is 4.18. The minimum absolute atomic E-state index is 0.0912. The number of hydrogen-bond donors (Lipinski definition) is 2. The Labute approximate surface area is 146 Å². The minimum atomic E-state index is -0.444. The largest absolute Gasteiger partial charge is 0.505 e. The van der Waals surface area contributed by atoms with Gasteiger partial charge in [-0.2, -0.15) is 0 Å². The highest BCUT2D eigenvalue weighted by molar-refractivity contribution is 5.86. The normalized spacial score (nSPS) is 12.0. The van der Waals surface area contributed by atoms with Crippen LogP contribution in [0.25, 0.3) is 10.9 Å². The first-order chi connectivity index (χ1) is 12.0. The van der Waals surface area contributed by atoms with Gasteiger partial charge in [-0.1, -0.05) is 30.3 Å². The molecule has 5 heteroatoms. The molecule has 1 aromatic heterocycles. The maximum atomic E-state index is 11.7. The number of carbonyl (C=O) groups excluding carboxylic acids is 1. The van der Waals surface area contributed by atoms with Crippen molar-refractivity contribution in [2.24, 2.45) is 0 Å². The molecule has 1 amide bonds. The number of aromatic hydroxyl groups is 1. The Kier molecular flexibility index (Phi) is 4.57. The number of nitrogens with one attached hydrogen (secondary N) is 1. The van der Waals surface area contributed by atoms with E-state index in [9.17, 15) is 9.90 Å². The molecule has 0 unspecified atom stereocenters. The molecule has 0 bridgehead atoms. The van der Waals surface area contributed by atoms with Crippen LogP contribution in [0, 0.1) is 0 Å². The molecule has 0 aliphatic heterocycles. The van der Waals surface area contributed by atoms with Crippen molar-refractivity contribution in [3.8, 4) is 5.75 Å². The zero-order chi connectivity index (χ0) is 18.0. The van der Waals surface area contributed by atoms with Gasteiger partial charge in [0.2, 0.25) is 5.91 Å². The minimum Gasteiger partial charge on any atom is -0.505 e. The number of carbonyl (C=O) groups is 1. The first-order valence-corrected chi connectivity index (χ1v) is 8.08. The van der Waals surface area contributed by atoms with Crippen LogP contribution in [-0.2, 0) is 4.79 Å². The van der Waals surface area contributed by atoms with Gasteiger partial charge >= 0.3 is 0 Å². The fraction of sp³-hybridized carbons (Fsp3) is 0.200. The number of aromatic nitrogens is 1. The van der Waals surface area contributed by atoms with Crippen LogP contribution in [-0.4, -0.2) is 30.1 Å². The first kappa shape index (κ1) is 16.8. The molecule has 0 aliphatic carbocycles. The van der Waals surface area contributed by atoms with Gasteiger partial charge in [-0.25, -0.2) is 0 Å².